The Kier molecular flexibility index (Phi) is 8.05. The molecule has 0 spiro atoms. The van der Waals surface area contributed by atoms with Crippen molar-refractivity contribution in [3.63, 3.8) is 0 Å². The first-order valence-electron chi connectivity index (χ1n) is 12.9. The number of hydroxylamine groups is 2. The van der Waals surface area contributed by atoms with Gasteiger partial charge in [-0.1, -0.05) is 38.8 Å². The second-order valence-electron chi connectivity index (χ2n) is 9.20. The maximum atomic E-state index is 13.2. The van der Waals surface area contributed by atoms with Crippen molar-refractivity contribution >= 4 is 46.2 Å². The molecule has 2 aromatic rings. The minimum absolute atomic E-state index is 0.0311. The molecular formula is C27H32N4O6. The van der Waals surface area contributed by atoms with Gasteiger partial charge >= 0.3 is 6.09 Å². The lowest BCUT2D eigenvalue weighted by Crippen LogP contribution is -2.41. The summed E-state index contributed by atoms with van der Waals surface area (Å²) in [7, 11) is 0. The van der Waals surface area contributed by atoms with Crippen molar-refractivity contribution < 1.29 is 28.8 Å². The molecule has 0 aromatic heterocycles. The Morgan fingerprint density at radius 3 is 2.27 bits per heavy atom. The molecule has 5 amide bonds. The Bertz CT molecular complexity index is 1200. The van der Waals surface area contributed by atoms with Gasteiger partial charge in [0.05, 0.1) is 0 Å². The molecule has 0 aliphatic carbocycles. The number of imide groups is 2. The first-order chi connectivity index (χ1) is 17.9. The molecule has 2 aromatic carbocycles. The average Bonchev–Trinajstić information content (AvgIpc) is 3.21. The second-order valence-corrected chi connectivity index (χ2v) is 9.20. The van der Waals surface area contributed by atoms with E-state index in [1.165, 1.54) is 4.90 Å². The van der Waals surface area contributed by atoms with Crippen molar-refractivity contribution in [2.75, 3.05) is 31.1 Å². The maximum absolute atomic E-state index is 13.2. The number of nitrogens with one attached hydrogen (secondary N) is 1. The third-order valence-electron chi connectivity index (χ3n) is 6.66. The Morgan fingerprint density at radius 1 is 0.919 bits per heavy atom. The normalized spacial score (nSPS) is 15.1. The number of rotatable bonds is 11. The number of unbranched alkanes of at least 4 members (excludes halogenated alkanes) is 2. The highest BCUT2D eigenvalue weighted by Gasteiger charge is 2.34. The van der Waals surface area contributed by atoms with E-state index in [0.717, 1.165) is 36.8 Å². The molecule has 10 heteroatoms. The van der Waals surface area contributed by atoms with E-state index in [1.54, 1.807) is 12.1 Å². The number of hydrogen-bond acceptors (Lipinski definition) is 7. The molecule has 196 valence electrons. The molecule has 1 fully saturated rings. The molecule has 1 N–H and O–H groups in total. The zero-order chi connectivity index (χ0) is 26.5. The van der Waals surface area contributed by atoms with Crippen LogP contribution in [-0.2, 0) is 14.4 Å². The molecule has 4 rings (SSSR count). The van der Waals surface area contributed by atoms with E-state index in [4.69, 9.17) is 4.84 Å². The minimum Gasteiger partial charge on any atom is -0.369 e. The topological polar surface area (TPSA) is 116 Å². The van der Waals surface area contributed by atoms with E-state index in [-0.39, 0.29) is 31.2 Å². The van der Waals surface area contributed by atoms with Gasteiger partial charge in [-0.05, 0) is 31.0 Å². The van der Waals surface area contributed by atoms with Crippen LogP contribution in [0.3, 0.4) is 0 Å². The third kappa shape index (κ3) is 5.28. The van der Waals surface area contributed by atoms with Crippen LogP contribution in [0.4, 0.5) is 10.5 Å². The molecule has 2 aliphatic heterocycles. The van der Waals surface area contributed by atoms with Crippen LogP contribution in [0.2, 0.25) is 0 Å². The fraction of sp³-hybridized carbons (Fsp3) is 0.444. The number of anilines is 1. The summed E-state index contributed by atoms with van der Waals surface area (Å²) in [6.45, 7) is 5.80. The number of nitrogens with zero attached hydrogens (tertiary/aromatic N) is 3. The Hall–Kier alpha value is -3.95. The average molecular weight is 509 g/mol. The summed E-state index contributed by atoms with van der Waals surface area (Å²) >= 11 is 0. The number of hydrogen-bond donors (Lipinski definition) is 1. The Balaban J connectivity index is 1.55. The molecule has 0 bridgehead atoms. The summed E-state index contributed by atoms with van der Waals surface area (Å²) in [5.74, 6) is -1.62. The van der Waals surface area contributed by atoms with Gasteiger partial charge in [-0.15, -0.1) is 5.06 Å². The van der Waals surface area contributed by atoms with Gasteiger partial charge in [-0.25, -0.2) is 4.79 Å². The number of carbonyl (C=O) groups is 5. The van der Waals surface area contributed by atoms with Gasteiger partial charge in [0.2, 0.25) is 0 Å². The predicted molar refractivity (Wildman–Crippen MR) is 137 cm³/mol. The number of carbonyl (C=O) groups excluding carboxylic acids is 5. The third-order valence-corrected chi connectivity index (χ3v) is 6.66. The SMILES string of the molecule is CCCCN1C(=O)c2cccc3c(N(CCCC)CCNC(=O)ON4C(=O)CCC4=O)ccc(c23)C1=O. The highest BCUT2D eigenvalue weighted by molar-refractivity contribution is 6.26. The molecule has 0 unspecified atom stereocenters. The van der Waals surface area contributed by atoms with E-state index < -0.39 is 17.9 Å². The van der Waals surface area contributed by atoms with Crippen LogP contribution in [0.5, 0.6) is 0 Å². The summed E-state index contributed by atoms with van der Waals surface area (Å²) in [5.41, 5.74) is 1.89. The highest BCUT2D eigenvalue weighted by Crippen LogP contribution is 2.36. The number of amides is 5. The number of benzene rings is 2. The Morgan fingerprint density at radius 2 is 1.59 bits per heavy atom. The van der Waals surface area contributed by atoms with Gasteiger partial charge in [0.15, 0.2) is 0 Å². The lowest BCUT2D eigenvalue weighted by atomic mass is 9.92. The maximum Gasteiger partial charge on any atom is 0.432 e. The fourth-order valence-electron chi connectivity index (χ4n) is 4.69. The first-order valence-corrected chi connectivity index (χ1v) is 12.9. The van der Waals surface area contributed by atoms with Gasteiger partial charge < -0.3 is 15.1 Å². The van der Waals surface area contributed by atoms with Crippen LogP contribution in [0.15, 0.2) is 30.3 Å². The summed E-state index contributed by atoms with van der Waals surface area (Å²) in [4.78, 5) is 70.2. The van der Waals surface area contributed by atoms with Gasteiger partial charge in [0.25, 0.3) is 23.6 Å². The van der Waals surface area contributed by atoms with Crippen molar-refractivity contribution in [2.45, 2.75) is 52.4 Å². The van der Waals surface area contributed by atoms with Crippen LogP contribution >= 0.6 is 0 Å². The van der Waals surface area contributed by atoms with Crippen molar-refractivity contribution in [3.8, 4) is 0 Å². The van der Waals surface area contributed by atoms with Crippen LogP contribution in [0, 0.1) is 0 Å². The molecule has 0 atom stereocenters. The predicted octanol–water partition coefficient (Wildman–Crippen LogP) is 3.63. The molecule has 0 radical (unpaired) electrons. The molecular weight excluding hydrogens is 476 g/mol. The second kappa shape index (κ2) is 11.4. The highest BCUT2D eigenvalue weighted by atomic mass is 16.7. The zero-order valence-corrected chi connectivity index (χ0v) is 21.2. The van der Waals surface area contributed by atoms with E-state index in [2.05, 4.69) is 17.1 Å². The summed E-state index contributed by atoms with van der Waals surface area (Å²) in [6, 6.07) is 9.17. The van der Waals surface area contributed by atoms with Crippen LogP contribution in [0.1, 0.15) is 73.1 Å². The van der Waals surface area contributed by atoms with Crippen LogP contribution < -0.4 is 10.2 Å². The van der Waals surface area contributed by atoms with Crippen LogP contribution in [-0.4, -0.2) is 65.9 Å². The van der Waals surface area contributed by atoms with Crippen molar-refractivity contribution in [1.82, 2.24) is 15.3 Å². The molecule has 37 heavy (non-hydrogen) atoms. The molecule has 2 aliphatic rings. The van der Waals surface area contributed by atoms with Gasteiger partial charge in [-0.3, -0.25) is 24.1 Å². The molecule has 1 saturated heterocycles. The zero-order valence-electron chi connectivity index (χ0n) is 21.2. The monoisotopic (exact) mass is 508 g/mol. The van der Waals surface area contributed by atoms with Crippen LogP contribution in [0.25, 0.3) is 10.8 Å². The lowest BCUT2D eigenvalue weighted by molar-refractivity contribution is -0.171. The van der Waals surface area contributed by atoms with Gasteiger partial charge in [0.1, 0.15) is 0 Å². The summed E-state index contributed by atoms with van der Waals surface area (Å²) in [6.07, 6.45) is 2.67. The van der Waals surface area contributed by atoms with Gasteiger partial charge in [0, 0.05) is 66.6 Å². The fourth-order valence-corrected chi connectivity index (χ4v) is 4.69. The van der Waals surface area contributed by atoms with E-state index in [1.807, 2.05) is 25.1 Å². The Labute approximate surface area is 215 Å². The van der Waals surface area contributed by atoms with E-state index in [0.29, 0.717) is 41.2 Å². The molecule has 2 heterocycles. The first kappa shape index (κ1) is 26.1. The minimum atomic E-state index is -0.876. The van der Waals surface area contributed by atoms with Gasteiger partial charge in [-0.2, -0.15) is 0 Å². The smallest absolute Gasteiger partial charge is 0.369 e. The molecule has 10 nitrogen and oxygen atoms in total. The van der Waals surface area contributed by atoms with Crippen molar-refractivity contribution in [1.29, 1.82) is 0 Å². The summed E-state index contributed by atoms with van der Waals surface area (Å²) < 4.78 is 0. The quantitative estimate of drug-likeness (QED) is 0.461. The molecule has 0 saturated carbocycles. The lowest BCUT2D eigenvalue weighted by Gasteiger charge is -2.31. The standard InChI is InChI=1S/C27H32N4O6/c1-3-5-15-29(17-14-28-27(36)37-31-22(32)12-13-23(31)33)21-11-10-20-24-18(21)8-7-9-19(24)25(34)30(26(20)35)16-6-4-2/h7-11H,3-6,12-17H2,1-2H3,(H,28,36). The summed E-state index contributed by atoms with van der Waals surface area (Å²) in [5, 5.41) is 4.56. The largest absolute Gasteiger partial charge is 0.432 e. The van der Waals surface area contributed by atoms with E-state index >= 15 is 0 Å². The van der Waals surface area contributed by atoms with Crippen molar-refractivity contribution in [3.05, 3.63) is 41.5 Å². The van der Waals surface area contributed by atoms with E-state index in [9.17, 15) is 24.0 Å². The van der Waals surface area contributed by atoms with Crippen molar-refractivity contribution in [2.24, 2.45) is 0 Å².